The summed E-state index contributed by atoms with van der Waals surface area (Å²) in [5, 5.41) is 11.9. The van der Waals surface area contributed by atoms with E-state index in [0.29, 0.717) is 5.56 Å². The Balaban J connectivity index is 1.24. The maximum absolute atomic E-state index is 12.8. The van der Waals surface area contributed by atoms with Crippen molar-refractivity contribution < 1.29 is 4.79 Å². The summed E-state index contributed by atoms with van der Waals surface area (Å²) in [4.78, 5) is 19.2. The number of hydrogen-bond donors (Lipinski definition) is 1. The van der Waals surface area contributed by atoms with E-state index >= 15 is 0 Å². The minimum atomic E-state index is -0.145. The summed E-state index contributed by atoms with van der Waals surface area (Å²) in [5.74, 6) is 0.792. The first-order chi connectivity index (χ1) is 16.7. The van der Waals surface area contributed by atoms with Crippen molar-refractivity contribution in [3.8, 4) is 11.3 Å². The number of nitrogens with one attached hydrogen (secondary N) is 1. The van der Waals surface area contributed by atoms with Crippen LogP contribution >= 0.6 is 0 Å². The highest BCUT2D eigenvalue weighted by molar-refractivity contribution is 6.04. The van der Waals surface area contributed by atoms with Crippen molar-refractivity contribution in [3.05, 3.63) is 90.5 Å². The SMILES string of the molecule is O=C(Nc1cccc(-c2ccc(N3CCCCCC3)nn2)c1)c1ccc(Cn2ccnc2)cc1. The number of hydrogen-bond acceptors (Lipinski definition) is 5. The lowest BCUT2D eigenvalue weighted by molar-refractivity contribution is 0.102. The topological polar surface area (TPSA) is 75.9 Å². The summed E-state index contributed by atoms with van der Waals surface area (Å²) in [6.07, 6.45) is 10.4. The van der Waals surface area contributed by atoms with Gasteiger partial charge in [-0.15, -0.1) is 10.2 Å². The Morgan fingerprint density at radius 2 is 1.74 bits per heavy atom. The van der Waals surface area contributed by atoms with E-state index in [0.717, 1.165) is 48.0 Å². The zero-order valence-electron chi connectivity index (χ0n) is 19.1. The fraction of sp³-hybridized carbons (Fsp3) is 0.259. The molecule has 2 aromatic carbocycles. The van der Waals surface area contributed by atoms with Gasteiger partial charge < -0.3 is 14.8 Å². The Labute approximate surface area is 199 Å². The summed E-state index contributed by atoms with van der Waals surface area (Å²) in [7, 11) is 0. The van der Waals surface area contributed by atoms with Crippen molar-refractivity contribution in [2.24, 2.45) is 0 Å². The highest BCUT2D eigenvalue weighted by atomic mass is 16.1. The van der Waals surface area contributed by atoms with Crippen LogP contribution in [-0.4, -0.2) is 38.7 Å². The van der Waals surface area contributed by atoms with Gasteiger partial charge >= 0.3 is 0 Å². The number of carbonyl (C=O) groups excluding carboxylic acids is 1. The number of amides is 1. The second kappa shape index (κ2) is 10.3. The second-order valence-electron chi connectivity index (χ2n) is 8.64. The molecule has 0 saturated carbocycles. The molecule has 34 heavy (non-hydrogen) atoms. The largest absolute Gasteiger partial charge is 0.355 e. The fourth-order valence-electron chi connectivity index (χ4n) is 4.26. The summed E-state index contributed by atoms with van der Waals surface area (Å²) in [5.41, 5.74) is 4.16. The van der Waals surface area contributed by atoms with Crippen molar-refractivity contribution in [3.63, 3.8) is 0 Å². The Bertz CT molecular complexity index is 1210. The van der Waals surface area contributed by atoms with Crippen LogP contribution in [0.15, 0.2) is 79.4 Å². The molecule has 5 rings (SSSR count). The zero-order chi connectivity index (χ0) is 23.2. The molecule has 7 heteroatoms. The molecule has 0 bridgehead atoms. The normalized spacial score (nSPS) is 13.9. The number of anilines is 2. The van der Waals surface area contributed by atoms with Gasteiger partial charge in [0.25, 0.3) is 5.91 Å². The molecule has 3 heterocycles. The van der Waals surface area contributed by atoms with Gasteiger partial charge in [-0.2, -0.15) is 0 Å². The molecule has 4 aromatic rings. The average Bonchev–Trinajstić information content (AvgIpc) is 3.23. The third kappa shape index (κ3) is 5.31. The quantitative estimate of drug-likeness (QED) is 0.444. The Hall–Kier alpha value is -4.00. The van der Waals surface area contributed by atoms with E-state index in [1.54, 1.807) is 12.5 Å². The molecule has 1 amide bonds. The molecule has 0 atom stereocenters. The Morgan fingerprint density at radius 1 is 0.912 bits per heavy atom. The van der Waals surface area contributed by atoms with Crippen LogP contribution < -0.4 is 10.2 Å². The highest BCUT2D eigenvalue weighted by Gasteiger charge is 2.12. The van der Waals surface area contributed by atoms with Crippen molar-refractivity contribution in [1.29, 1.82) is 0 Å². The standard InChI is InChI=1S/C27H28N6O/c34-27(22-10-8-21(9-11-22)19-32-17-14-28-20-32)29-24-7-5-6-23(18-24)25-12-13-26(31-30-25)33-15-3-1-2-4-16-33/h5-14,17-18,20H,1-4,15-16,19H2,(H,29,34). The molecule has 1 aliphatic heterocycles. The first-order valence-electron chi connectivity index (χ1n) is 11.8. The minimum absolute atomic E-state index is 0.145. The van der Waals surface area contributed by atoms with E-state index in [1.807, 2.05) is 71.4 Å². The predicted molar refractivity (Wildman–Crippen MR) is 134 cm³/mol. The first kappa shape index (κ1) is 21.8. The van der Waals surface area contributed by atoms with Crippen molar-refractivity contribution in [2.75, 3.05) is 23.3 Å². The van der Waals surface area contributed by atoms with Gasteiger partial charge in [-0.1, -0.05) is 37.1 Å². The maximum Gasteiger partial charge on any atom is 0.255 e. The molecule has 2 aromatic heterocycles. The molecule has 1 saturated heterocycles. The van der Waals surface area contributed by atoms with E-state index < -0.39 is 0 Å². The van der Waals surface area contributed by atoms with Crippen LogP contribution in [0.25, 0.3) is 11.3 Å². The lowest BCUT2D eigenvalue weighted by Gasteiger charge is -2.20. The van der Waals surface area contributed by atoms with Gasteiger partial charge in [0.05, 0.1) is 12.0 Å². The molecular formula is C27H28N6O. The highest BCUT2D eigenvalue weighted by Crippen LogP contribution is 2.23. The maximum atomic E-state index is 12.8. The molecule has 1 fully saturated rings. The van der Waals surface area contributed by atoms with Gasteiger partial charge in [0.1, 0.15) is 0 Å². The minimum Gasteiger partial charge on any atom is -0.355 e. The average molecular weight is 453 g/mol. The van der Waals surface area contributed by atoms with Gasteiger partial charge in [0.15, 0.2) is 5.82 Å². The van der Waals surface area contributed by atoms with E-state index in [2.05, 4.69) is 25.4 Å². The monoisotopic (exact) mass is 452 g/mol. The molecule has 0 spiro atoms. The van der Waals surface area contributed by atoms with Crippen LogP contribution in [0.1, 0.15) is 41.6 Å². The summed E-state index contributed by atoms with van der Waals surface area (Å²) < 4.78 is 1.99. The predicted octanol–water partition coefficient (Wildman–Crippen LogP) is 5.02. The van der Waals surface area contributed by atoms with Crippen LogP contribution in [0, 0.1) is 0 Å². The van der Waals surface area contributed by atoms with Crippen molar-refractivity contribution >= 4 is 17.4 Å². The van der Waals surface area contributed by atoms with Crippen LogP contribution in [0.5, 0.6) is 0 Å². The molecule has 172 valence electrons. The number of aromatic nitrogens is 4. The van der Waals surface area contributed by atoms with Gasteiger partial charge in [0, 0.05) is 48.8 Å². The smallest absolute Gasteiger partial charge is 0.255 e. The van der Waals surface area contributed by atoms with Crippen LogP contribution in [0.2, 0.25) is 0 Å². The third-order valence-electron chi connectivity index (χ3n) is 6.14. The number of carbonyl (C=O) groups is 1. The molecule has 0 aliphatic carbocycles. The molecule has 1 aliphatic rings. The number of imidazole rings is 1. The van der Waals surface area contributed by atoms with Crippen molar-refractivity contribution in [1.82, 2.24) is 19.7 Å². The molecule has 0 unspecified atom stereocenters. The zero-order valence-corrected chi connectivity index (χ0v) is 19.1. The van der Waals surface area contributed by atoms with E-state index in [-0.39, 0.29) is 5.91 Å². The van der Waals surface area contributed by atoms with Gasteiger partial charge in [-0.05, 0) is 54.8 Å². The summed E-state index contributed by atoms with van der Waals surface area (Å²) in [6.45, 7) is 2.81. The van der Waals surface area contributed by atoms with Gasteiger partial charge in [0.2, 0.25) is 0 Å². The molecule has 0 radical (unpaired) electrons. The molecule has 7 nitrogen and oxygen atoms in total. The summed E-state index contributed by atoms with van der Waals surface area (Å²) in [6, 6.07) is 19.4. The van der Waals surface area contributed by atoms with Crippen LogP contribution in [0.4, 0.5) is 11.5 Å². The number of benzene rings is 2. The number of nitrogens with zero attached hydrogens (tertiary/aromatic N) is 5. The lowest BCUT2D eigenvalue weighted by atomic mass is 10.1. The van der Waals surface area contributed by atoms with E-state index in [9.17, 15) is 4.79 Å². The Kier molecular flexibility index (Phi) is 6.61. The van der Waals surface area contributed by atoms with Crippen molar-refractivity contribution in [2.45, 2.75) is 32.2 Å². The van der Waals surface area contributed by atoms with Gasteiger partial charge in [-0.25, -0.2) is 4.98 Å². The molecular weight excluding hydrogens is 424 g/mol. The third-order valence-corrected chi connectivity index (χ3v) is 6.14. The number of rotatable bonds is 6. The summed E-state index contributed by atoms with van der Waals surface area (Å²) >= 11 is 0. The fourth-order valence-corrected chi connectivity index (χ4v) is 4.26. The lowest BCUT2D eigenvalue weighted by Crippen LogP contribution is -2.25. The molecule has 1 N–H and O–H groups in total. The Morgan fingerprint density at radius 3 is 2.44 bits per heavy atom. The van der Waals surface area contributed by atoms with Crippen LogP contribution in [0.3, 0.4) is 0 Å². The van der Waals surface area contributed by atoms with E-state index in [4.69, 9.17) is 0 Å². The first-order valence-corrected chi connectivity index (χ1v) is 11.8. The van der Waals surface area contributed by atoms with E-state index in [1.165, 1.54) is 25.7 Å². The second-order valence-corrected chi connectivity index (χ2v) is 8.64. The van der Waals surface area contributed by atoms with Gasteiger partial charge in [-0.3, -0.25) is 4.79 Å². The van der Waals surface area contributed by atoms with Crippen LogP contribution in [-0.2, 0) is 6.54 Å².